The van der Waals surface area contributed by atoms with Crippen LogP contribution in [0.2, 0.25) is 0 Å². The first-order chi connectivity index (χ1) is 15.8. The van der Waals surface area contributed by atoms with E-state index in [0.29, 0.717) is 18.1 Å². The third-order valence-corrected chi connectivity index (χ3v) is 5.17. The molecule has 5 aromatic rings. The van der Waals surface area contributed by atoms with Crippen molar-refractivity contribution in [3.63, 3.8) is 0 Å². The van der Waals surface area contributed by atoms with E-state index in [1.54, 1.807) is 18.3 Å². The fourth-order valence-electron chi connectivity index (χ4n) is 3.48. The van der Waals surface area contributed by atoms with Gasteiger partial charge in [-0.25, -0.2) is 4.98 Å². The van der Waals surface area contributed by atoms with E-state index in [2.05, 4.69) is 34.3 Å². The summed E-state index contributed by atoms with van der Waals surface area (Å²) in [4.78, 5) is 4.24. The Balaban J connectivity index is 1.30. The van der Waals surface area contributed by atoms with Crippen molar-refractivity contribution in [2.75, 3.05) is 0 Å². The number of rotatable bonds is 6. The monoisotopic (exact) mass is 419 g/mol. The van der Waals surface area contributed by atoms with Crippen LogP contribution in [0.15, 0.2) is 109 Å². The van der Waals surface area contributed by atoms with E-state index in [1.165, 1.54) is 4.68 Å². The first-order valence-electron chi connectivity index (χ1n) is 10.3. The first kappa shape index (κ1) is 19.6. The molecule has 0 aliphatic carbocycles. The molecule has 0 spiro atoms. The summed E-state index contributed by atoms with van der Waals surface area (Å²) in [7, 11) is 0. The van der Waals surface area contributed by atoms with Crippen molar-refractivity contribution in [2.45, 2.75) is 6.61 Å². The first-order valence-corrected chi connectivity index (χ1v) is 10.3. The number of ether oxygens (including phenoxy) is 1. The van der Waals surface area contributed by atoms with Gasteiger partial charge in [0.2, 0.25) is 5.88 Å². The average Bonchev–Trinajstić information content (AvgIpc) is 3.26. The normalized spacial score (nSPS) is 10.8. The number of hydrogen-bond acceptors (Lipinski definition) is 4. The summed E-state index contributed by atoms with van der Waals surface area (Å²) >= 11 is 0. The third kappa shape index (κ3) is 4.23. The number of aromatic hydroxyl groups is 1. The highest BCUT2D eigenvalue weighted by Gasteiger charge is 2.11. The van der Waals surface area contributed by atoms with Crippen molar-refractivity contribution in [3.8, 4) is 39.8 Å². The highest BCUT2D eigenvalue weighted by Crippen LogP contribution is 2.28. The summed E-state index contributed by atoms with van der Waals surface area (Å²) < 4.78 is 7.30. The molecule has 2 heterocycles. The van der Waals surface area contributed by atoms with Gasteiger partial charge in [-0.3, -0.25) is 0 Å². The van der Waals surface area contributed by atoms with Crippen LogP contribution in [-0.2, 0) is 6.61 Å². The second-order valence-corrected chi connectivity index (χ2v) is 7.36. The molecular formula is C27H21N3O2. The minimum atomic E-state index is 0.0499. The predicted molar refractivity (Wildman–Crippen MR) is 125 cm³/mol. The zero-order chi connectivity index (χ0) is 21.8. The molecule has 0 aliphatic heterocycles. The largest absolute Gasteiger partial charge is 0.493 e. The Morgan fingerprint density at radius 3 is 2.06 bits per heavy atom. The van der Waals surface area contributed by atoms with Gasteiger partial charge in [0, 0.05) is 17.8 Å². The van der Waals surface area contributed by atoms with E-state index in [0.717, 1.165) is 28.0 Å². The molecule has 5 heteroatoms. The van der Waals surface area contributed by atoms with Gasteiger partial charge in [-0.15, -0.1) is 0 Å². The Bertz CT molecular complexity index is 1300. The van der Waals surface area contributed by atoms with E-state index in [4.69, 9.17) is 4.74 Å². The Morgan fingerprint density at radius 2 is 1.38 bits per heavy atom. The average molecular weight is 419 g/mol. The zero-order valence-corrected chi connectivity index (χ0v) is 17.3. The number of pyridine rings is 1. The van der Waals surface area contributed by atoms with E-state index in [9.17, 15) is 5.11 Å². The predicted octanol–water partition coefficient (Wildman–Crippen LogP) is 5.89. The smallest absolute Gasteiger partial charge is 0.216 e. The highest BCUT2D eigenvalue weighted by molar-refractivity contribution is 5.69. The van der Waals surface area contributed by atoms with Gasteiger partial charge in [-0.05, 0) is 41.0 Å². The van der Waals surface area contributed by atoms with E-state index in [1.807, 2.05) is 66.7 Å². The van der Waals surface area contributed by atoms with Gasteiger partial charge in [0.15, 0.2) is 5.82 Å². The van der Waals surface area contributed by atoms with Crippen LogP contribution in [0.5, 0.6) is 11.6 Å². The van der Waals surface area contributed by atoms with Gasteiger partial charge in [-0.2, -0.15) is 9.78 Å². The Kier molecular flexibility index (Phi) is 5.37. The molecule has 0 saturated heterocycles. The van der Waals surface area contributed by atoms with Crippen LogP contribution in [0.4, 0.5) is 0 Å². The molecule has 0 amide bonds. The maximum atomic E-state index is 10.3. The molecule has 0 bridgehead atoms. The molecule has 0 saturated carbocycles. The fraction of sp³-hybridized carbons (Fsp3) is 0.0370. The second-order valence-electron chi connectivity index (χ2n) is 7.36. The van der Waals surface area contributed by atoms with Gasteiger partial charge < -0.3 is 9.84 Å². The van der Waals surface area contributed by atoms with Crippen molar-refractivity contribution in [1.82, 2.24) is 14.8 Å². The maximum absolute atomic E-state index is 10.3. The number of hydrogen-bond donors (Lipinski definition) is 1. The van der Waals surface area contributed by atoms with Crippen molar-refractivity contribution < 1.29 is 9.84 Å². The third-order valence-electron chi connectivity index (χ3n) is 5.17. The van der Waals surface area contributed by atoms with Gasteiger partial charge in [-0.1, -0.05) is 72.8 Å². The van der Waals surface area contributed by atoms with Crippen LogP contribution in [0.1, 0.15) is 5.56 Å². The lowest BCUT2D eigenvalue weighted by atomic mass is 10.0. The molecule has 5 nitrogen and oxygen atoms in total. The van der Waals surface area contributed by atoms with Crippen LogP contribution in [0.3, 0.4) is 0 Å². The van der Waals surface area contributed by atoms with Crippen LogP contribution in [0.25, 0.3) is 28.2 Å². The van der Waals surface area contributed by atoms with Gasteiger partial charge in [0.1, 0.15) is 12.4 Å². The molecule has 0 atom stereocenters. The molecule has 2 aromatic heterocycles. The lowest BCUT2D eigenvalue weighted by Gasteiger charge is -2.08. The molecule has 0 fully saturated rings. The standard InChI is InChI=1S/C27H21N3O2/c31-27-18-25(29-30(27)26-8-4-5-17-28-26)23-11-9-21(10-12-23)22-13-15-24(16-14-22)32-19-20-6-2-1-3-7-20/h1-18,31H,19H2. The maximum Gasteiger partial charge on any atom is 0.216 e. The molecule has 156 valence electrons. The molecule has 5 rings (SSSR count). The van der Waals surface area contributed by atoms with E-state index < -0.39 is 0 Å². The lowest BCUT2D eigenvalue weighted by Crippen LogP contribution is -1.98. The molecule has 0 aliphatic rings. The summed E-state index contributed by atoms with van der Waals surface area (Å²) in [6.07, 6.45) is 1.67. The summed E-state index contributed by atoms with van der Waals surface area (Å²) in [6, 6.07) is 33.4. The van der Waals surface area contributed by atoms with Crippen molar-refractivity contribution in [2.24, 2.45) is 0 Å². The summed E-state index contributed by atoms with van der Waals surface area (Å²) in [5.74, 6) is 1.46. The van der Waals surface area contributed by atoms with Crippen LogP contribution < -0.4 is 4.74 Å². The van der Waals surface area contributed by atoms with Crippen LogP contribution in [-0.4, -0.2) is 19.9 Å². The molecule has 0 radical (unpaired) electrons. The Hall–Kier alpha value is -4.38. The molecular weight excluding hydrogens is 398 g/mol. The second kappa shape index (κ2) is 8.78. The van der Waals surface area contributed by atoms with E-state index >= 15 is 0 Å². The topological polar surface area (TPSA) is 60.2 Å². The van der Waals surface area contributed by atoms with Crippen LogP contribution >= 0.6 is 0 Å². The zero-order valence-electron chi connectivity index (χ0n) is 17.3. The number of nitrogens with zero attached hydrogens (tertiary/aromatic N) is 3. The highest BCUT2D eigenvalue weighted by atomic mass is 16.5. The SMILES string of the molecule is Oc1cc(-c2ccc(-c3ccc(OCc4ccccc4)cc3)cc2)nn1-c1ccccn1. The Labute approximate surface area is 186 Å². The van der Waals surface area contributed by atoms with Gasteiger partial charge in [0.25, 0.3) is 0 Å². The van der Waals surface area contributed by atoms with Gasteiger partial charge in [0.05, 0.1) is 5.69 Å². The van der Waals surface area contributed by atoms with Crippen molar-refractivity contribution >= 4 is 0 Å². The fourth-order valence-corrected chi connectivity index (χ4v) is 3.48. The lowest BCUT2D eigenvalue weighted by molar-refractivity contribution is 0.306. The minimum absolute atomic E-state index is 0.0499. The summed E-state index contributed by atoms with van der Waals surface area (Å²) in [6.45, 7) is 0.548. The molecule has 0 unspecified atom stereocenters. The molecule has 1 N–H and O–H groups in total. The quantitative estimate of drug-likeness (QED) is 0.373. The number of aromatic nitrogens is 3. The van der Waals surface area contributed by atoms with Crippen LogP contribution in [0, 0.1) is 0 Å². The molecule has 32 heavy (non-hydrogen) atoms. The summed E-state index contributed by atoms with van der Waals surface area (Å²) in [5, 5.41) is 14.8. The summed E-state index contributed by atoms with van der Waals surface area (Å²) in [5.41, 5.74) is 4.94. The van der Waals surface area contributed by atoms with Gasteiger partial charge >= 0.3 is 0 Å². The van der Waals surface area contributed by atoms with Crippen molar-refractivity contribution in [1.29, 1.82) is 0 Å². The minimum Gasteiger partial charge on any atom is -0.493 e. The van der Waals surface area contributed by atoms with E-state index in [-0.39, 0.29) is 5.88 Å². The van der Waals surface area contributed by atoms with Crippen molar-refractivity contribution in [3.05, 3.63) is 115 Å². The number of benzene rings is 3. The molecule has 3 aromatic carbocycles. The Morgan fingerprint density at radius 1 is 0.719 bits per heavy atom.